The van der Waals surface area contributed by atoms with Crippen molar-refractivity contribution in [2.24, 2.45) is 0 Å². The van der Waals surface area contributed by atoms with Crippen LogP contribution in [-0.4, -0.2) is 28.0 Å². The van der Waals surface area contributed by atoms with E-state index in [0.717, 1.165) is 31.5 Å². The Morgan fingerprint density at radius 3 is 2.60 bits per heavy atom. The SMILES string of the molecule is CCOC(=O)c1ccc(NC(=O)c2ccc3c(=O)n4c(nc3c2)CCCCC4)cc1. The van der Waals surface area contributed by atoms with Gasteiger partial charge in [-0.3, -0.25) is 14.2 Å². The maximum absolute atomic E-state index is 12.8. The van der Waals surface area contributed by atoms with E-state index in [1.54, 1.807) is 54.0 Å². The number of hydrogen-bond acceptors (Lipinski definition) is 5. The normalized spacial score (nSPS) is 13.4. The molecule has 154 valence electrons. The summed E-state index contributed by atoms with van der Waals surface area (Å²) in [6.07, 6.45) is 3.85. The Morgan fingerprint density at radius 1 is 1.07 bits per heavy atom. The largest absolute Gasteiger partial charge is 0.462 e. The van der Waals surface area contributed by atoms with E-state index >= 15 is 0 Å². The lowest BCUT2D eigenvalue weighted by atomic mass is 10.1. The zero-order chi connectivity index (χ0) is 21.1. The third kappa shape index (κ3) is 3.96. The highest BCUT2D eigenvalue weighted by Crippen LogP contribution is 2.18. The van der Waals surface area contributed by atoms with Crippen LogP contribution in [0, 0.1) is 0 Å². The summed E-state index contributed by atoms with van der Waals surface area (Å²) in [5.74, 6) is 0.0798. The molecule has 0 atom stereocenters. The number of carbonyl (C=O) groups excluding carboxylic acids is 2. The maximum atomic E-state index is 12.8. The van der Waals surface area contributed by atoms with E-state index in [1.807, 2.05) is 0 Å². The molecule has 1 aliphatic heterocycles. The van der Waals surface area contributed by atoms with Gasteiger partial charge in [0.25, 0.3) is 11.5 Å². The molecular formula is C23H23N3O4. The second-order valence-electron chi connectivity index (χ2n) is 7.28. The predicted molar refractivity (Wildman–Crippen MR) is 114 cm³/mol. The van der Waals surface area contributed by atoms with Crippen molar-refractivity contribution in [3.05, 3.63) is 69.8 Å². The summed E-state index contributed by atoms with van der Waals surface area (Å²) in [6.45, 7) is 2.75. The summed E-state index contributed by atoms with van der Waals surface area (Å²) < 4.78 is 6.72. The molecule has 7 heteroatoms. The molecular weight excluding hydrogens is 382 g/mol. The second kappa shape index (κ2) is 8.49. The Balaban J connectivity index is 1.58. The van der Waals surface area contributed by atoms with Crippen LogP contribution in [0.1, 0.15) is 52.7 Å². The zero-order valence-corrected chi connectivity index (χ0v) is 16.8. The van der Waals surface area contributed by atoms with E-state index in [0.29, 0.717) is 40.9 Å². The molecule has 1 N–H and O–H groups in total. The Morgan fingerprint density at radius 2 is 1.83 bits per heavy atom. The Hall–Kier alpha value is -3.48. The summed E-state index contributed by atoms with van der Waals surface area (Å²) in [5, 5.41) is 3.33. The number of amides is 1. The van der Waals surface area contributed by atoms with E-state index in [-0.39, 0.29) is 11.5 Å². The van der Waals surface area contributed by atoms with E-state index in [9.17, 15) is 14.4 Å². The van der Waals surface area contributed by atoms with Gasteiger partial charge in [0.05, 0.1) is 23.1 Å². The van der Waals surface area contributed by atoms with Crippen LogP contribution in [0.25, 0.3) is 10.9 Å². The Kier molecular flexibility index (Phi) is 5.61. The van der Waals surface area contributed by atoms with Crippen LogP contribution in [0.15, 0.2) is 47.3 Å². The smallest absolute Gasteiger partial charge is 0.338 e. The van der Waals surface area contributed by atoms with Gasteiger partial charge >= 0.3 is 5.97 Å². The molecule has 0 radical (unpaired) electrons. The number of fused-ring (bicyclic) bond motifs is 2. The molecule has 1 aromatic heterocycles. The van der Waals surface area contributed by atoms with E-state index in [2.05, 4.69) is 10.3 Å². The number of rotatable bonds is 4. The molecule has 0 spiro atoms. The van der Waals surface area contributed by atoms with Gasteiger partial charge in [0, 0.05) is 24.2 Å². The van der Waals surface area contributed by atoms with Crippen molar-refractivity contribution in [2.75, 3.05) is 11.9 Å². The molecule has 30 heavy (non-hydrogen) atoms. The number of benzene rings is 2. The second-order valence-corrected chi connectivity index (χ2v) is 7.28. The van der Waals surface area contributed by atoms with Gasteiger partial charge in [-0.2, -0.15) is 0 Å². The standard InChI is InChI=1S/C23H23N3O4/c1-2-30-23(29)15-7-10-17(11-8-15)24-21(27)16-9-12-18-19(14-16)25-20-6-4-3-5-13-26(20)22(18)28/h7-12,14H,2-6,13H2,1H3,(H,24,27). The van der Waals surface area contributed by atoms with Crippen molar-refractivity contribution in [3.8, 4) is 0 Å². The first-order valence-corrected chi connectivity index (χ1v) is 10.2. The minimum absolute atomic E-state index is 0.0431. The van der Waals surface area contributed by atoms with Crippen molar-refractivity contribution < 1.29 is 14.3 Å². The van der Waals surface area contributed by atoms with Gasteiger partial charge in [-0.25, -0.2) is 9.78 Å². The molecule has 3 aromatic rings. The molecule has 0 unspecified atom stereocenters. The molecule has 1 amide bonds. The van der Waals surface area contributed by atoms with Crippen LogP contribution in [0.3, 0.4) is 0 Å². The maximum Gasteiger partial charge on any atom is 0.338 e. The lowest BCUT2D eigenvalue weighted by Crippen LogP contribution is -2.24. The topological polar surface area (TPSA) is 90.3 Å². The summed E-state index contributed by atoms with van der Waals surface area (Å²) in [7, 11) is 0. The number of aromatic nitrogens is 2. The molecule has 0 fully saturated rings. The van der Waals surface area contributed by atoms with Gasteiger partial charge in [-0.15, -0.1) is 0 Å². The van der Waals surface area contributed by atoms with Crippen LogP contribution < -0.4 is 10.9 Å². The van der Waals surface area contributed by atoms with E-state index in [1.165, 1.54) is 0 Å². The molecule has 0 bridgehead atoms. The number of anilines is 1. The number of esters is 1. The monoisotopic (exact) mass is 405 g/mol. The van der Waals surface area contributed by atoms with Gasteiger partial charge in [-0.05, 0) is 62.2 Å². The summed E-state index contributed by atoms with van der Waals surface area (Å²) >= 11 is 0. The van der Waals surface area contributed by atoms with Crippen LogP contribution >= 0.6 is 0 Å². The van der Waals surface area contributed by atoms with Gasteiger partial charge in [0.1, 0.15) is 5.82 Å². The molecule has 2 aromatic carbocycles. The number of carbonyl (C=O) groups is 2. The highest BCUT2D eigenvalue weighted by Gasteiger charge is 2.15. The highest BCUT2D eigenvalue weighted by atomic mass is 16.5. The number of ether oxygens (including phenoxy) is 1. The number of nitrogens with one attached hydrogen (secondary N) is 1. The number of nitrogens with zero attached hydrogens (tertiary/aromatic N) is 2. The number of aryl methyl sites for hydroxylation is 1. The first-order chi connectivity index (χ1) is 14.6. The summed E-state index contributed by atoms with van der Waals surface area (Å²) in [4.78, 5) is 41.9. The first kappa shape index (κ1) is 19.8. The van der Waals surface area contributed by atoms with Crippen LogP contribution in [-0.2, 0) is 17.7 Å². The van der Waals surface area contributed by atoms with E-state index in [4.69, 9.17) is 4.74 Å². The zero-order valence-electron chi connectivity index (χ0n) is 16.8. The van der Waals surface area contributed by atoms with Gasteiger partial charge < -0.3 is 10.1 Å². The lowest BCUT2D eigenvalue weighted by molar-refractivity contribution is 0.0526. The Bertz CT molecular complexity index is 1170. The minimum atomic E-state index is -0.401. The summed E-state index contributed by atoms with van der Waals surface area (Å²) in [6, 6.07) is 11.5. The quantitative estimate of drug-likeness (QED) is 0.671. The lowest BCUT2D eigenvalue weighted by Gasteiger charge is -2.11. The summed E-state index contributed by atoms with van der Waals surface area (Å²) in [5.41, 5.74) is 1.90. The van der Waals surface area contributed by atoms with E-state index < -0.39 is 5.97 Å². The molecule has 2 heterocycles. The predicted octanol–water partition coefficient (Wildman–Crippen LogP) is 3.55. The average Bonchev–Trinajstić information content (AvgIpc) is 3.00. The third-order valence-electron chi connectivity index (χ3n) is 5.23. The van der Waals surface area contributed by atoms with Gasteiger partial charge in [0.15, 0.2) is 0 Å². The molecule has 0 aliphatic carbocycles. The molecule has 1 aliphatic rings. The third-order valence-corrected chi connectivity index (χ3v) is 5.23. The van der Waals surface area contributed by atoms with Crippen LogP contribution in [0.2, 0.25) is 0 Å². The molecule has 0 saturated carbocycles. The Labute approximate surface area is 173 Å². The van der Waals surface area contributed by atoms with Gasteiger partial charge in [-0.1, -0.05) is 6.42 Å². The fraction of sp³-hybridized carbons (Fsp3) is 0.304. The fourth-order valence-corrected chi connectivity index (χ4v) is 3.67. The van der Waals surface area contributed by atoms with Crippen molar-refractivity contribution >= 4 is 28.5 Å². The molecule has 0 saturated heterocycles. The van der Waals surface area contributed by atoms with Gasteiger partial charge in [0.2, 0.25) is 0 Å². The average molecular weight is 405 g/mol. The van der Waals surface area contributed by atoms with Crippen molar-refractivity contribution in [1.29, 1.82) is 0 Å². The van der Waals surface area contributed by atoms with Crippen LogP contribution in [0.4, 0.5) is 5.69 Å². The van der Waals surface area contributed by atoms with Crippen molar-refractivity contribution in [3.63, 3.8) is 0 Å². The first-order valence-electron chi connectivity index (χ1n) is 10.2. The minimum Gasteiger partial charge on any atom is -0.462 e. The van der Waals surface area contributed by atoms with Crippen LogP contribution in [0.5, 0.6) is 0 Å². The van der Waals surface area contributed by atoms with Crippen molar-refractivity contribution in [2.45, 2.75) is 39.2 Å². The molecule has 4 rings (SSSR count). The number of hydrogen-bond donors (Lipinski definition) is 1. The fourth-order valence-electron chi connectivity index (χ4n) is 3.67. The molecule has 7 nitrogen and oxygen atoms in total. The highest BCUT2D eigenvalue weighted by molar-refractivity contribution is 6.06. The van der Waals surface area contributed by atoms with Crippen molar-refractivity contribution in [1.82, 2.24) is 9.55 Å².